The standard InChI is InChI=1S/C13H20N4O/c1-3-9-4-5-10(8(9)2)15-12-7-6-11(13(14)18)16-17-12/h6-10H,3-5H2,1-2H3,(H2,14,18)(H,15,17). The summed E-state index contributed by atoms with van der Waals surface area (Å²) in [5.41, 5.74) is 5.32. The van der Waals surface area contributed by atoms with Crippen LogP contribution in [-0.4, -0.2) is 22.1 Å². The van der Waals surface area contributed by atoms with Gasteiger partial charge in [-0.15, -0.1) is 10.2 Å². The summed E-state index contributed by atoms with van der Waals surface area (Å²) in [6.45, 7) is 4.52. The molecule has 1 aliphatic carbocycles. The zero-order valence-electron chi connectivity index (χ0n) is 10.9. The Kier molecular flexibility index (Phi) is 3.79. The fourth-order valence-electron chi connectivity index (χ4n) is 2.76. The molecule has 0 spiro atoms. The Hall–Kier alpha value is -1.65. The quantitative estimate of drug-likeness (QED) is 0.851. The molecule has 98 valence electrons. The van der Waals surface area contributed by atoms with E-state index in [0.717, 1.165) is 5.92 Å². The van der Waals surface area contributed by atoms with Gasteiger partial charge < -0.3 is 11.1 Å². The van der Waals surface area contributed by atoms with E-state index in [1.807, 2.05) is 0 Å². The van der Waals surface area contributed by atoms with Gasteiger partial charge >= 0.3 is 0 Å². The van der Waals surface area contributed by atoms with Crippen LogP contribution in [-0.2, 0) is 0 Å². The van der Waals surface area contributed by atoms with Crippen molar-refractivity contribution in [3.63, 3.8) is 0 Å². The smallest absolute Gasteiger partial charge is 0.269 e. The number of anilines is 1. The molecule has 2 rings (SSSR count). The number of nitrogens with two attached hydrogens (primary N) is 1. The molecule has 1 fully saturated rings. The van der Waals surface area contributed by atoms with Crippen LogP contribution in [0.3, 0.4) is 0 Å². The van der Waals surface area contributed by atoms with Crippen LogP contribution < -0.4 is 11.1 Å². The maximum atomic E-state index is 10.9. The second-order valence-electron chi connectivity index (χ2n) is 5.02. The summed E-state index contributed by atoms with van der Waals surface area (Å²) in [5.74, 6) is 1.61. The first-order valence-corrected chi connectivity index (χ1v) is 6.52. The van der Waals surface area contributed by atoms with Crippen LogP contribution in [0.25, 0.3) is 0 Å². The van der Waals surface area contributed by atoms with Crippen LogP contribution in [0.1, 0.15) is 43.6 Å². The molecule has 1 aromatic rings. The normalized spacial score (nSPS) is 27.1. The third-order valence-electron chi connectivity index (χ3n) is 4.00. The Morgan fingerprint density at radius 3 is 2.72 bits per heavy atom. The van der Waals surface area contributed by atoms with Crippen LogP contribution in [0, 0.1) is 11.8 Å². The van der Waals surface area contributed by atoms with Crippen LogP contribution in [0.15, 0.2) is 12.1 Å². The van der Waals surface area contributed by atoms with Gasteiger partial charge in [-0.3, -0.25) is 4.79 Å². The van der Waals surface area contributed by atoms with Crippen molar-refractivity contribution in [3.05, 3.63) is 17.8 Å². The molecule has 3 unspecified atom stereocenters. The number of rotatable bonds is 4. The lowest BCUT2D eigenvalue weighted by Crippen LogP contribution is -2.25. The van der Waals surface area contributed by atoms with Crippen molar-refractivity contribution < 1.29 is 4.79 Å². The van der Waals surface area contributed by atoms with Crippen molar-refractivity contribution in [1.29, 1.82) is 0 Å². The fourth-order valence-corrected chi connectivity index (χ4v) is 2.76. The van der Waals surface area contributed by atoms with Crippen LogP contribution >= 0.6 is 0 Å². The lowest BCUT2D eigenvalue weighted by atomic mass is 9.93. The molecule has 1 saturated carbocycles. The van der Waals surface area contributed by atoms with Gasteiger partial charge in [-0.25, -0.2) is 0 Å². The molecule has 5 nitrogen and oxygen atoms in total. The van der Waals surface area contributed by atoms with Gasteiger partial charge in [0.1, 0.15) is 5.82 Å². The largest absolute Gasteiger partial charge is 0.366 e. The lowest BCUT2D eigenvalue weighted by molar-refractivity contribution is 0.0994. The first-order valence-electron chi connectivity index (χ1n) is 6.52. The van der Waals surface area contributed by atoms with E-state index in [-0.39, 0.29) is 5.69 Å². The minimum atomic E-state index is -0.547. The van der Waals surface area contributed by atoms with E-state index in [2.05, 4.69) is 29.4 Å². The SMILES string of the molecule is CCC1CCC(Nc2ccc(C(N)=O)nn2)C1C. The summed E-state index contributed by atoms with van der Waals surface area (Å²) in [6.07, 6.45) is 3.66. The summed E-state index contributed by atoms with van der Waals surface area (Å²) in [4.78, 5) is 10.9. The fraction of sp³-hybridized carbons (Fsp3) is 0.615. The number of nitrogens with zero attached hydrogens (tertiary/aromatic N) is 2. The summed E-state index contributed by atoms with van der Waals surface area (Å²) in [7, 11) is 0. The van der Waals surface area contributed by atoms with E-state index in [1.54, 1.807) is 12.1 Å². The molecule has 0 aliphatic heterocycles. The molecule has 18 heavy (non-hydrogen) atoms. The summed E-state index contributed by atoms with van der Waals surface area (Å²) in [6, 6.07) is 3.82. The highest BCUT2D eigenvalue weighted by atomic mass is 16.1. The van der Waals surface area contributed by atoms with Gasteiger partial charge in [-0.1, -0.05) is 20.3 Å². The predicted octanol–water partition coefficient (Wildman–Crippen LogP) is 1.81. The molecular formula is C13H20N4O. The lowest BCUT2D eigenvalue weighted by Gasteiger charge is -2.21. The Balaban J connectivity index is 2.00. The van der Waals surface area contributed by atoms with E-state index in [9.17, 15) is 4.79 Å². The summed E-state index contributed by atoms with van der Waals surface area (Å²) in [5, 5.41) is 11.2. The molecule has 1 heterocycles. The molecule has 1 aliphatic rings. The van der Waals surface area contributed by atoms with Crippen molar-refractivity contribution in [2.75, 3.05) is 5.32 Å². The Bertz CT molecular complexity index is 418. The van der Waals surface area contributed by atoms with Crippen molar-refractivity contribution in [2.45, 2.75) is 39.2 Å². The van der Waals surface area contributed by atoms with Gasteiger partial charge in [-0.05, 0) is 36.8 Å². The summed E-state index contributed by atoms with van der Waals surface area (Å²) < 4.78 is 0. The van der Waals surface area contributed by atoms with E-state index < -0.39 is 5.91 Å². The zero-order valence-corrected chi connectivity index (χ0v) is 10.9. The highest BCUT2D eigenvalue weighted by molar-refractivity contribution is 5.90. The number of amides is 1. The minimum absolute atomic E-state index is 0.200. The topological polar surface area (TPSA) is 80.9 Å². The predicted molar refractivity (Wildman–Crippen MR) is 70.1 cm³/mol. The maximum Gasteiger partial charge on any atom is 0.269 e. The molecule has 5 heteroatoms. The van der Waals surface area contributed by atoms with Crippen LogP contribution in [0.5, 0.6) is 0 Å². The number of carbonyl (C=O) groups excluding carboxylic acids is 1. The van der Waals surface area contributed by atoms with Crippen molar-refractivity contribution in [1.82, 2.24) is 10.2 Å². The Labute approximate surface area is 107 Å². The molecule has 1 aromatic heterocycles. The van der Waals surface area contributed by atoms with Gasteiger partial charge in [0.15, 0.2) is 5.69 Å². The maximum absolute atomic E-state index is 10.9. The van der Waals surface area contributed by atoms with Gasteiger partial charge in [0.2, 0.25) is 0 Å². The molecule has 1 amide bonds. The highest BCUT2D eigenvalue weighted by Gasteiger charge is 2.31. The second-order valence-corrected chi connectivity index (χ2v) is 5.02. The van der Waals surface area contributed by atoms with E-state index in [4.69, 9.17) is 5.73 Å². The van der Waals surface area contributed by atoms with Gasteiger partial charge in [0.25, 0.3) is 5.91 Å². The molecule has 0 aromatic carbocycles. The number of aromatic nitrogens is 2. The number of hydrogen-bond acceptors (Lipinski definition) is 4. The average molecular weight is 248 g/mol. The second kappa shape index (κ2) is 5.33. The van der Waals surface area contributed by atoms with Crippen LogP contribution in [0.4, 0.5) is 5.82 Å². The van der Waals surface area contributed by atoms with Crippen molar-refractivity contribution in [3.8, 4) is 0 Å². The van der Waals surface area contributed by atoms with Crippen molar-refractivity contribution >= 4 is 11.7 Å². The van der Waals surface area contributed by atoms with E-state index in [1.165, 1.54) is 19.3 Å². The Morgan fingerprint density at radius 2 is 2.22 bits per heavy atom. The highest BCUT2D eigenvalue weighted by Crippen LogP contribution is 2.35. The first kappa shape index (κ1) is 12.8. The molecule has 3 atom stereocenters. The van der Waals surface area contributed by atoms with Crippen molar-refractivity contribution in [2.24, 2.45) is 17.6 Å². The molecule has 3 N–H and O–H groups in total. The first-order chi connectivity index (χ1) is 8.61. The number of nitrogens with one attached hydrogen (secondary N) is 1. The monoisotopic (exact) mass is 248 g/mol. The number of hydrogen-bond donors (Lipinski definition) is 2. The number of primary amides is 1. The van der Waals surface area contributed by atoms with Crippen LogP contribution in [0.2, 0.25) is 0 Å². The zero-order chi connectivity index (χ0) is 13.1. The van der Waals surface area contributed by atoms with Gasteiger partial charge in [0, 0.05) is 6.04 Å². The van der Waals surface area contributed by atoms with E-state index in [0.29, 0.717) is 17.8 Å². The average Bonchev–Trinajstić information content (AvgIpc) is 2.71. The van der Waals surface area contributed by atoms with Gasteiger partial charge in [0.05, 0.1) is 0 Å². The minimum Gasteiger partial charge on any atom is -0.366 e. The summed E-state index contributed by atoms with van der Waals surface area (Å²) >= 11 is 0. The van der Waals surface area contributed by atoms with E-state index >= 15 is 0 Å². The van der Waals surface area contributed by atoms with Gasteiger partial charge in [-0.2, -0.15) is 0 Å². The third kappa shape index (κ3) is 2.60. The Morgan fingerprint density at radius 1 is 1.44 bits per heavy atom. The molecule has 0 radical (unpaired) electrons. The molecule has 0 bridgehead atoms. The molecule has 0 saturated heterocycles. The molecular weight excluding hydrogens is 228 g/mol. The number of carbonyl (C=O) groups is 1. The third-order valence-corrected chi connectivity index (χ3v) is 4.00.